The molecule has 0 N–H and O–H groups in total. The highest BCUT2D eigenvalue weighted by molar-refractivity contribution is 5.66. The highest BCUT2D eigenvalue weighted by Crippen LogP contribution is 2.36. The van der Waals surface area contributed by atoms with Gasteiger partial charge in [0.2, 0.25) is 0 Å². The maximum Gasteiger partial charge on any atom is 0.137 e. The average molecular weight is 319 g/mol. The quantitative estimate of drug-likeness (QED) is 0.767. The van der Waals surface area contributed by atoms with Crippen molar-refractivity contribution in [3.63, 3.8) is 0 Å². The summed E-state index contributed by atoms with van der Waals surface area (Å²) in [6.07, 6.45) is 13.4. The summed E-state index contributed by atoms with van der Waals surface area (Å²) < 4.78 is 11.0. The van der Waals surface area contributed by atoms with E-state index >= 15 is 0 Å². The first-order chi connectivity index (χ1) is 11.8. The van der Waals surface area contributed by atoms with E-state index < -0.39 is 0 Å². The topological polar surface area (TPSA) is 35.3 Å². The van der Waals surface area contributed by atoms with Gasteiger partial charge in [-0.25, -0.2) is 0 Å². The number of para-hydroxylation sites is 1. The highest BCUT2D eigenvalue weighted by Gasteiger charge is 2.21. The minimum Gasteiger partial charge on any atom is -0.496 e. The molecule has 1 heterocycles. The van der Waals surface area contributed by atoms with E-state index in [4.69, 9.17) is 9.26 Å². The van der Waals surface area contributed by atoms with Crippen molar-refractivity contribution < 1.29 is 9.26 Å². The van der Waals surface area contributed by atoms with E-state index in [9.17, 15) is 0 Å². The van der Waals surface area contributed by atoms with Crippen LogP contribution in [0.15, 0.2) is 70.3 Å². The average Bonchev–Trinajstić information content (AvgIpc) is 3.29. The third-order valence-electron chi connectivity index (χ3n) is 4.85. The second kappa shape index (κ2) is 6.52. The van der Waals surface area contributed by atoms with Crippen molar-refractivity contribution >= 4 is 0 Å². The molecule has 2 aromatic rings. The summed E-state index contributed by atoms with van der Waals surface area (Å²) in [5.74, 6) is 2.43. The number of allylic oxidation sites excluding steroid dienone is 6. The van der Waals surface area contributed by atoms with E-state index in [0.717, 1.165) is 35.6 Å². The van der Waals surface area contributed by atoms with Gasteiger partial charge in [-0.15, -0.1) is 0 Å². The molecule has 0 amide bonds. The van der Waals surface area contributed by atoms with Gasteiger partial charge in [-0.2, -0.15) is 0 Å². The number of benzene rings is 1. The van der Waals surface area contributed by atoms with Gasteiger partial charge in [-0.1, -0.05) is 41.6 Å². The third kappa shape index (κ3) is 2.82. The van der Waals surface area contributed by atoms with Crippen molar-refractivity contribution in [3.8, 4) is 17.0 Å². The van der Waals surface area contributed by atoms with Crippen LogP contribution in [0.25, 0.3) is 11.3 Å². The Morgan fingerprint density at radius 2 is 1.96 bits per heavy atom. The second-order valence-electron chi connectivity index (χ2n) is 6.33. The second-order valence-corrected chi connectivity index (χ2v) is 6.33. The minimum atomic E-state index is 0.698. The predicted molar refractivity (Wildman–Crippen MR) is 94.8 cm³/mol. The van der Waals surface area contributed by atoms with E-state index in [1.54, 1.807) is 7.11 Å². The normalized spacial score (nSPS) is 19.0. The molecular formula is C21H21NO2. The lowest BCUT2D eigenvalue weighted by Gasteiger charge is -2.18. The van der Waals surface area contributed by atoms with Crippen LogP contribution in [0.5, 0.6) is 5.75 Å². The van der Waals surface area contributed by atoms with Crippen LogP contribution in [0.1, 0.15) is 25.0 Å². The van der Waals surface area contributed by atoms with Crippen molar-refractivity contribution in [2.75, 3.05) is 7.11 Å². The first-order valence-electron chi connectivity index (χ1n) is 8.50. The van der Waals surface area contributed by atoms with E-state index in [1.807, 2.05) is 30.3 Å². The fourth-order valence-electron chi connectivity index (χ4n) is 3.59. The molecule has 4 rings (SSSR count). The Morgan fingerprint density at radius 3 is 2.83 bits per heavy atom. The van der Waals surface area contributed by atoms with Crippen LogP contribution in [0, 0.1) is 5.92 Å². The molecule has 122 valence electrons. The number of aryl methyl sites for hydroxylation is 1. The Hall–Kier alpha value is -2.55. The molecule has 1 aromatic carbocycles. The van der Waals surface area contributed by atoms with Crippen molar-refractivity contribution in [1.29, 1.82) is 0 Å². The van der Waals surface area contributed by atoms with Gasteiger partial charge in [0.1, 0.15) is 17.2 Å². The van der Waals surface area contributed by atoms with Gasteiger partial charge in [0.25, 0.3) is 0 Å². The van der Waals surface area contributed by atoms with Gasteiger partial charge < -0.3 is 9.26 Å². The number of rotatable bonds is 5. The summed E-state index contributed by atoms with van der Waals surface area (Å²) in [6, 6.07) is 9.91. The molecule has 0 aliphatic heterocycles. The van der Waals surface area contributed by atoms with Crippen LogP contribution < -0.4 is 4.74 Å². The van der Waals surface area contributed by atoms with Gasteiger partial charge in [-0.3, -0.25) is 0 Å². The van der Waals surface area contributed by atoms with E-state index in [2.05, 4.69) is 29.5 Å². The number of aromatic nitrogens is 1. The molecule has 0 fully saturated rings. The summed E-state index contributed by atoms with van der Waals surface area (Å²) >= 11 is 0. The van der Waals surface area contributed by atoms with Crippen LogP contribution >= 0.6 is 0 Å². The fraction of sp³-hybridized carbons (Fsp3) is 0.286. The molecule has 1 aromatic heterocycles. The number of methoxy groups -OCH3 is 1. The first kappa shape index (κ1) is 15.0. The maximum atomic E-state index is 5.55. The largest absolute Gasteiger partial charge is 0.496 e. The lowest BCUT2D eigenvalue weighted by molar-refractivity contribution is 0.384. The molecule has 0 saturated heterocycles. The monoisotopic (exact) mass is 319 g/mol. The maximum absolute atomic E-state index is 5.55. The third-order valence-corrected chi connectivity index (χ3v) is 4.85. The van der Waals surface area contributed by atoms with E-state index in [-0.39, 0.29) is 0 Å². The van der Waals surface area contributed by atoms with Gasteiger partial charge in [0, 0.05) is 18.1 Å². The highest BCUT2D eigenvalue weighted by atomic mass is 16.5. The molecule has 0 spiro atoms. The minimum absolute atomic E-state index is 0.698. The zero-order chi connectivity index (χ0) is 16.4. The molecule has 2 aliphatic carbocycles. The number of fused-ring (bicyclic) bond motifs is 1. The fourth-order valence-corrected chi connectivity index (χ4v) is 3.59. The van der Waals surface area contributed by atoms with Gasteiger partial charge >= 0.3 is 0 Å². The molecule has 1 unspecified atom stereocenters. The lowest BCUT2D eigenvalue weighted by Crippen LogP contribution is -2.03. The van der Waals surface area contributed by atoms with Crippen LogP contribution in [-0.4, -0.2) is 12.3 Å². The van der Waals surface area contributed by atoms with Gasteiger partial charge in [-0.05, 0) is 48.5 Å². The Morgan fingerprint density at radius 1 is 1.12 bits per heavy atom. The van der Waals surface area contributed by atoms with Gasteiger partial charge in [0.15, 0.2) is 0 Å². The predicted octanol–water partition coefficient (Wildman–Crippen LogP) is 5.12. The Bertz CT molecular complexity index is 826. The van der Waals surface area contributed by atoms with Crippen molar-refractivity contribution in [2.24, 2.45) is 5.92 Å². The van der Waals surface area contributed by atoms with Crippen LogP contribution in [-0.2, 0) is 6.42 Å². The molecule has 0 bridgehead atoms. The van der Waals surface area contributed by atoms with Crippen LogP contribution in [0.3, 0.4) is 0 Å². The van der Waals surface area contributed by atoms with E-state index in [0.29, 0.717) is 5.92 Å². The standard InChI is InChI=1S/C21H21NO2/c1-23-21-11-3-2-9-19(21)20-14-17(24-22-20)13-12-16-7-4-6-15-8-5-10-18(15)16/h2-5,7,9-11,14-15H,6,8,12-13H2,1H3. The smallest absolute Gasteiger partial charge is 0.137 e. The SMILES string of the molecule is COc1ccccc1-c1cc(CCC2=C3C=CCC3CC=C2)on1. The van der Waals surface area contributed by atoms with Crippen LogP contribution in [0.4, 0.5) is 0 Å². The molecule has 3 nitrogen and oxygen atoms in total. The summed E-state index contributed by atoms with van der Waals surface area (Å²) in [6.45, 7) is 0. The van der Waals surface area contributed by atoms with Crippen LogP contribution in [0.2, 0.25) is 0 Å². The summed E-state index contributed by atoms with van der Waals surface area (Å²) in [4.78, 5) is 0. The molecule has 0 saturated carbocycles. The molecular weight excluding hydrogens is 298 g/mol. The molecule has 0 radical (unpaired) electrons. The summed E-state index contributed by atoms with van der Waals surface area (Å²) in [7, 11) is 1.68. The summed E-state index contributed by atoms with van der Waals surface area (Å²) in [5, 5.41) is 4.22. The molecule has 1 atom stereocenters. The van der Waals surface area contributed by atoms with Gasteiger partial charge in [0.05, 0.1) is 7.11 Å². The number of hydrogen-bond donors (Lipinski definition) is 0. The van der Waals surface area contributed by atoms with E-state index in [1.165, 1.54) is 24.0 Å². The zero-order valence-electron chi connectivity index (χ0n) is 13.9. The number of nitrogens with zero attached hydrogens (tertiary/aromatic N) is 1. The number of hydrogen-bond acceptors (Lipinski definition) is 3. The summed E-state index contributed by atoms with van der Waals surface area (Å²) in [5.41, 5.74) is 4.75. The molecule has 2 aliphatic rings. The zero-order valence-corrected chi connectivity index (χ0v) is 13.9. The Labute approximate surface area is 142 Å². The van der Waals surface area contributed by atoms with Crippen molar-refractivity contribution in [1.82, 2.24) is 5.16 Å². The molecule has 24 heavy (non-hydrogen) atoms. The molecule has 3 heteroatoms. The first-order valence-corrected chi connectivity index (χ1v) is 8.50. The number of ether oxygens (including phenoxy) is 1. The van der Waals surface area contributed by atoms with Crippen molar-refractivity contribution in [3.05, 3.63) is 71.5 Å². The Balaban J connectivity index is 1.50. The lowest BCUT2D eigenvalue weighted by atomic mass is 9.87. The Kier molecular flexibility index (Phi) is 4.08. The van der Waals surface area contributed by atoms with Crippen molar-refractivity contribution in [2.45, 2.75) is 25.7 Å².